The summed E-state index contributed by atoms with van der Waals surface area (Å²) in [5, 5.41) is 12.9. The van der Waals surface area contributed by atoms with Gasteiger partial charge in [-0.1, -0.05) is 49.4 Å². The highest BCUT2D eigenvalue weighted by Crippen LogP contribution is 2.38. The third-order valence-electron chi connectivity index (χ3n) is 8.28. The van der Waals surface area contributed by atoms with Crippen molar-refractivity contribution in [3.8, 4) is 5.75 Å². The van der Waals surface area contributed by atoms with Crippen LogP contribution in [0.25, 0.3) is 0 Å². The lowest BCUT2D eigenvalue weighted by Crippen LogP contribution is -2.36. The summed E-state index contributed by atoms with van der Waals surface area (Å²) >= 11 is 0. The highest BCUT2D eigenvalue weighted by Gasteiger charge is 2.32. The molecule has 1 saturated carbocycles. The molecule has 0 spiro atoms. The maximum Gasteiger partial charge on any atom is 0.307 e. The first-order valence-corrected chi connectivity index (χ1v) is 14.6. The molecule has 2 unspecified atom stereocenters. The molecule has 0 aromatic heterocycles. The Hall–Kier alpha value is -3.80. The molecule has 1 amide bonds. The molecule has 2 fully saturated rings. The number of fused-ring (bicyclic) bond motifs is 2. The fraction of sp³-hybridized carbons (Fsp3) is 0.412. The Morgan fingerprint density at radius 3 is 2.33 bits per heavy atom. The average molecular weight is 541 g/mol. The Balaban J connectivity index is 1.24. The van der Waals surface area contributed by atoms with Crippen molar-refractivity contribution in [3.63, 3.8) is 0 Å². The van der Waals surface area contributed by atoms with Crippen molar-refractivity contribution >= 4 is 17.6 Å². The van der Waals surface area contributed by atoms with Gasteiger partial charge in [0.1, 0.15) is 5.75 Å². The fourth-order valence-corrected chi connectivity index (χ4v) is 6.20. The van der Waals surface area contributed by atoms with Gasteiger partial charge in [-0.3, -0.25) is 9.59 Å². The van der Waals surface area contributed by atoms with Crippen molar-refractivity contribution < 1.29 is 19.4 Å². The van der Waals surface area contributed by atoms with Crippen LogP contribution in [-0.2, 0) is 24.2 Å². The van der Waals surface area contributed by atoms with Crippen molar-refractivity contribution in [1.82, 2.24) is 5.32 Å². The predicted molar refractivity (Wildman–Crippen MR) is 158 cm³/mol. The second kappa shape index (κ2) is 13.0. The molecular formula is C34H40N2O4. The van der Waals surface area contributed by atoms with Crippen molar-refractivity contribution in [1.29, 1.82) is 0 Å². The molecule has 1 aliphatic carbocycles. The molecule has 6 heteroatoms. The van der Waals surface area contributed by atoms with Gasteiger partial charge >= 0.3 is 5.97 Å². The van der Waals surface area contributed by atoms with Crippen LogP contribution < -0.4 is 15.0 Å². The van der Waals surface area contributed by atoms with Gasteiger partial charge in [-0.25, -0.2) is 0 Å². The van der Waals surface area contributed by atoms with Crippen LogP contribution in [0, 0.1) is 17.8 Å². The number of piperidine rings is 1. The molecule has 2 bridgehead atoms. The number of carboxylic acids is 1. The minimum atomic E-state index is -0.814. The van der Waals surface area contributed by atoms with E-state index < -0.39 is 11.9 Å². The topological polar surface area (TPSA) is 78.9 Å². The predicted octanol–water partition coefficient (Wildman–Crippen LogP) is 6.13. The van der Waals surface area contributed by atoms with Crippen LogP contribution in [0.4, 0.5) is 5.69 Å². The standard InChI is InChI=1S/C34H40N2O4/c1-2-16-40-32-15-10-25(19-29(34(38)39)18-24-6-4-3-5-7-24)20-30(32)21-35-33(37)28-11-13-31(14-12-28)36-22-26-8-9-27(17-26)23-36/h3-7,10-15,20,26-27,29H,2,8-9,16-19,21-23H2,1H3,(H,35,37)(H,38,39)/t26?,27?,29-/m1/s1. The van der Waals surface area contributed by atoms with E-state index >= 15 is 0 Å². The quantitative estimate of drug-likeness (QED) is 0.289. The molecule has 6 nitrogen and oxygen atoms in total. The number of aliphatic carboxylic acids is 1. The van der Waals surface area contributed by atoms with Crippen LogP contribution in [0.15, 0.2) is 72.8 Å². The van der Waals surface area contributed by atoms with Gasteiger partial charge in [-0.2, -0.15) is 0 Å². The molecule has 0 radical (unpaired) electrons. The van der Waals surface area contributed by atoms with Gasteiger partial charge in [-0.15, -0.1) is 0 Å². The molecule has 3 aromatic carbocycles. The molecule has 3 atom stereocenters. The number of rotatable bonds is 12. The van der Waals surface area contributed by atoms with Crippen LogP contribution in [-0.4, -0.2) is 36.7 Å². The minimum Gasteiger partial charge on any atom is -0.493 e. The summed E-state index contributed by atoms with van der Waals surface area (Å²) in [7, 11) is 0. The first kappa shape index (κ1) is 27.8. The Morgan fingerprint density at radius 1 is 0.950 bits per heavy atom. The Kier molecular flexibility index (Phi) is 9.04. The molecule has 2 N–H and O–H groups in total. The fourth-order valence-electron chi connectivity index (χ4n) is 6.20. The van der Waals surface area contributed by atoms with E-state index in [4.69, 9.17) is 4.74 Å². The highest BCUT2D eigenvalue weighted by molar-refractivity contribution is 5.94. The van der Waals surface area contributed by atoms with Gasteiger partial charge in [0.15, 0.2) is 0 Å². The van der Waals surface area contributed by atoms with E-state index in [0.29, 0.717) is 31.6 Å². The number of ether oxygens (including phenoxy) is 1. The number of anilines is 1. The highest BCUT2D eigenvalue weighted by atomic mass is 16.5. The van der Waals surface area contributed by atoms with Crippen LogP contribution in [0.1, 0.15) is 59.7 Å². The summed E-state index contributed by atoms with van der Waals surface area (Å²) < 4.78 is 5.96. The molecule has 2 aliphatic rings. The first-order chi connectivity index (χ1) is 19.5. The lowest BCUT2D eigenvalue weighted by Gasteiger charge is -2.33. The Morgan fingerprint density at radius 2 is 1.65 bits per heavy atom. The number of hydrogen-bond acceptors (Lipinski definition) is 4. The minimum absolute atomic E-state index is 0.135. The summed E-state index contributed by atoms with van der Waals surface area (Å²) in [6, 6.07) is 23.5. The molecule has 210 valence electrons. The van der Waals surface area contributed by atoms with Gasteiger partial charge in [0, 0.05) is 36.4 Å². The van der Waals surface area contributed by atoms with Gasteiger partial charge in [0.2, 0.25) is 0 Å². The van der Waals surface area contributed by atoms with E-state index in [-0.39, 0.29) is 5.91 Å². The van der Waals surface area contributed by atoms with Gasteiger partial charge < -0.3 is 20.1 Å². The third kappa shape index (κ3) is 7.04. The number of nitrogens with zero attached hydrogens (tertiary/aromatic N) is 1. The molecule has 40 heavy (non-hydrogen) atoms. The van der Waals surface area contributed by atoms with Crippen LogP contribution in [0.3, 0.4) is 0 Å². The van der Waals surface area contributed by atoms with E-state index in [0.717, 1.165) is 53.8 Å². The second-order valence-corrected chi connectivity index (χ2v) is 11.4. The van der Waals surface area contributed by atoms with Gasteiger partial charge in [0.05, 0.1) is 12.5 Å². The summed E-state index contributed by atoms with van der Waals surface area (Å²) in [5.41, 5.74) is 4.59. The van der Waals surface area contributed by atoms with Gasteiger partial charge in [0.25, 0.3) is 5.91 Å². The van der Waals surface area contributed by atoms with Crippen LogP contribution in [0.5, 0.6) is 5.75 Å². The van der Waals surface area contributed by atoms with Gasteiger partial charge in [-0.05, 0) is 91.8 Å². The van der Waals surface area contributed by atoms with E-state index in [1.54, 1.807) is 0 Å². The Labute approximate surface area is 237 Å². The summed E-state index contributed by atoms with van der Waals surface area (Å²) in [6.07, 6.45) is 5.79. The summed E-state index contributed by atoms with van der Waals surface area (Å²) in [6.45, 7) is 5.17. The zero-order valence-corrected chi connectivity index (χ0v) is 23.4. The summed E-state index contributed by atoms with van der Waals surface area (Å²) in [5.74, 6) is 0.850. The smallest absolute Gasteiger partial charge is 0.307 e. The summed E-state index contributed by atoms with van der Waals surface area (Å²) in [4.78, 5) is 27.6. The van der Waals surface area contributed by atoms with Crippen LogP contribution in [0.2, 0.25) is 0 Å². The van der Waals surface area contributed by atoms with Crippen LogP contribution >= 0.6 is 0 Å². The molecule has 5 rings (SSSR count). The van der Waals surface area contributed by atoms with Crippen molar-refractivity contribution in [2.45, 2.75) is 52.0 Å². The van der Waals surface area contributed by atoms with E-state index in [2.05, 4.69) is 29.3 Å². The normalized spacial score (nSPS) is 18.8. The van der Waals surface area contributed by atoms with Crippen molar-refractivity contribution in [2.24, 2.45) is 17.8 Å². The molecule has 1 saturated heterocycles. The average Bonchev–Trinajstić information content (AvgIpc) is 3.32. The van der Waals surface area contributed by atoms with E-state index in [1.807, 2.05) is 60.7 Å². The maximum atomic E-state index is 13.1. The second-order valence-electron chi connectivity index (χ2n) is 11.4. The molecular weight excluding hydrogens is 500 g/mol. The zero-order chi connectivity index (χ0) is 27.9. The molecule has 3 aromatic rings. The van der Waals surface area contributed by atoms with Crippen molar-refractivity contribution in [2.75, 3.05) is 24.6 Å². The largest absolute Gasteiger partial charge is 0.493 e. The number of carbonyl (C=O) groups is 2. The molecule has 1 heterocycles. The zero-order valence-electron chi connectivity index (χ0n) is 23.4. The number of hydrogen-bond donors (Lipinski definition) is 2. The van der Waals surface area contributed by atoms with Crippen molar-refractivity contribution in [3.05, 3.63) is 95.1 Å². The number of amides is 1. The lowest BCUT2D eigenvalue weighted by atomic mass is 9.92. The SMILES string of the molecule is CCCOc1ccc(C[C@@H](Cc2ccccc2)C(=O)O)cc1CNC(=O)c1ccc(N2CC3CCC(C3)C2)cc1. The third-order valence-corrected chi connectivity index (χ3v) is 8.28. The monoisotopic (exact) mass is 540 g/mol. The maximum absolute atomic E-state index is 13.1. The first-order valence-electron chi connectivity index (χ1n) is 14.6. The number of nitrogens with one attached hydrogen (secondary N) is 1. The Bertz CT molecular complexity index is 1280. The van der Waals surface area contributed by atoms with E-state index in [9.17, 15) is 14.7 Å². The lowest BCUT2D eigenvalue weighted by molar-refractivity contribution is -0.141. The van der Waals surface area contributed by atoms with E-state index in [1.165, 1.54) is 24.9 Å². The number of benzene rings is 3. The number of carboxylic acid groups (broad SMARTS) is 1. The molecule has 1 aliphatic heterocycles. The number of carbonyl (C=O) groups excluding carboxylic acids is 1.